The maximum atomic E-state index is 14.4. The first-order valence-corrected chi connectivity index (χ1v) is 8.95. The largest absolute Gasteiger partial charge is 0.496 e. The van der Waals surface area contributed by atoms with E-state index in [1.165, 1.54) is 6.07 Å². The molecule has 0 saturated heterocycles. The van der Waals surface area contributed by atoms with E-state index in [-0.39, 0.29) is 11.9 Å². The Labute approximate surface area is 157 Å². The Morgan fingerprint density at radius 1 is 1.11 bits per heavy atom. The van der Waals surface area contributed by atoms with Crippen LogP contribution in [0, 0.1) is 5.82 Å². The second-order valence-electron chi connectivity index (χ2n) is 6.32. The van der Waals surface area contributed by atoms with Gasteiger partial charge in [-0.2, -0.15) is 0 Å². The number of methoxy groups -OCH3 is 1. The summed E-state index contributed by atoms with van der Waals surface area (Å²) in [6, 6.07) is 6.77. The van der Waals surface area contributed by atoms with Gasteiger partial charge in [0, 0.05) is 30.7 Å². The molecule has 1 aliphatic rings. The van der Waals surface area contributed by atoms with Crippen LogP contribution in [0.4, 0.5) is 10.2 Å². The summed E-state index contributed by atoms with van der Waals surface area (Å²) in [5.41, 5.74) is 1.64. The smallest absolute Gasteiger partial charge is 0.199 e. The molecule has 0 radical (unpaired) electrons. The van der Waals surface area contributed by atoms with Crippen LogP contribution in [0.15, 0.2) is 42.9 Å². The van der Waals surface area contributed by atoms with Crippen LogP contribution in [0.5, 0.6) is 5.75 Å². The van der Waals surface area contributed by atoms with Crippen molar-refractivity contribution in [2.75, 3.05) is 18.6 Å². The molecule has 7 heteroatoms. The lowest BCUT2D eigenvalue weighted by Gasteiger charge is -2.38. The summed E-state index contributed by atoms with van der Waals surface area (Å²) in [4.78, 5) is 19.6. The molecule has 3 aromatic rings. The molecule has 0 spiro atoms. The highest BCUT2D eigenvalue weighted by Gasteiger charge is 2.32. The van der Waals surface area contributed by atoms with E-state index in [0.29, 0.717) is 30.4 Å². The van der Waals surface area contributed by atoms with Crippen LogP contribution >= 0.6 is 0 Å². The molecular formula is C20H20FN5O. The molecule has 138 valence electrons. The number of rotatable bonds is 4. The highest BCUT2D eigenvalue weighted by Crippen LogP contribution is 2.41. The van der Waals surface area contributed by atoms with Crippen molar-refractivity contribution >= 4 is 5.82 Å². The van der Waals surface area contributed by atoms with E-state index in [1.54, 1.807) is 37.8 Å². The Kier molecular flexibility index (Phi) is 4.66. The number of benzene rings is 1. The Bertz CT molecular complexity index is 950. The zero-order chi connectivity index (χ0) is 18.8. The molecule has 1 aromatic carbocycles. The first kappa shape index (κ1) is 17.3. The quantitative estimate of drug-likeness (QED) is 0.704. The Hall–Kier alpha value is -3.09. The van der Waals surface area contributed by atoms with Gasteiger partial charge in [0.05, 0.1) is 13.2 Å². The minimum Gasteiger partial charge on any atom is -0.496 e. The summed E-state index contributed by atoms with van der Waals surface area (Å²) >= 11 is 0. The van der Waals surface area contributed by atoms with Gasteiger partial charge in [0.2, 0.25) is 0 Å². The normalized spacial score (nSPS) is 16.1. The standard InChI is InChI=1S/C20H20FN5O/c1-3-15-18-13(14(21)5-6-16(18)27-2)8-12-26(15)17-7-11-24-20(25-17)19-22-9-4-10-23-19/h4-7,9-11,15H,3,8,12H2,1-2H3. The molecule has 0 N–H and O–H groups in total. The van der Waals surface area contributed by atoms with Gasteiger partial charge < -0.3 is 9.64 Å². The maximum Gasteiger partial charge on any atom is 0.199 e. The lowest BCUT2D eigenvalue weighted by atomic mass is 9.89. The van der Waals surface area contributed by atoms with Crippen molar-refractivity contribution in [2.45, 2.75) is 25.8 Å². The number of ether oxygens (including phenoxy) is 1. The average Bonchev–Trinajstić information content (AvgIpc) is 2.74. The van der Waals surface area contributed by atoms with Crippen molar-refractivity contribution in [1.82, 2.24) is 19.9 Å². The topological polar surface area (TPSA) is 64.0 Å². The van der Waals surface area contributed by atoms with E-state index < -0.39 is 0 Å². The molecule has 27 heavy (non-hydrogen) atoms. The van der Waals surface area contributed by atoms with Crippen LogP contribution in [0.2, 0.25) is 0 Å². The van der Waals surface area contributed by atoms with Crippen LogP contribution in [0.25, 0.3) is 11.6 Å². The van der Waals surface area contributed by atoms with Gasteiger partial charge in [0.1, 0.15) is 17.4 Å². The number of hydrogen-bond donors (Lipinski definition) is 0. The average molecular weight is 365 g/mol. The first-order valence-electron chi connectivity index (χ1n) is 8.95. The molecule has 0 saturated carbocycles. The summed E-state index contributed by atoms with van der Waals surface area (Å²) < 4.78 is 19.9. The predicted molar refractivity (Wildman–Crippen MR) is 100 cm³/mol. The lowest BCUT2D eigenvalue weighted by molar-refractivity contribution is 0.395. The van der Waals surface area contributed by atoms with E-state index >= 15 is 0 Å². The minimum absolute atomic E-state index is 0.0289. The maximum absolute atomic E-state index is 14.4. The first-order chi connectivity index (χ1) is 13.2. The molecule has 0 amide bonds. The van der Waals surface area contributed by atoms with Crippen molar-refractivity contribution in [3.05, 3.63) is 59.8 Å². The molecule has 0 aliphatic carbocycles. The van der Waals surface area contributed by atoms with Gasteiger partial charge in [0.25, 0.3) is 0 Å². The second-order valence-corrected chi connectivity index (χ2v) is 6.32. The zero-order valence-electron chi connectivity index (χ0n) is 15.3. The van der Waals surface area contributed by atoms with E-state index in [2.05, 4.69) is 31.8 Å². The fourth-order valence-corrected chi connectivity index (χ4v) is 3.69. The molecule has 1 aliphatic heterocycles. The van der Waals surface area contributed by atoms with Crippen molar-refractivity contribution in [3.8, 4) is 17.4 Å². The van der Waals surface area contributed by atoms with Gasteiger partial charge in [-0.05, 0) is 42.7 Å². The Morgan fingerprint density at radius 3 is 2.63 bits per heavy atom. The number of halogens is 1. The van der Waals surface area contributed by atoms with E-state index in [0.717, 1.165) is 23.4 Å². The van der Waals surface area contributed by atoms with Crippen LogP contribution in [0.3, 0.4) is 0 Å². The molecule has 6 nitrogen and oxygen atoms in total. The van der Waals surface area contributed by atoms with Crippen molar-refractivity contribution in [3.63, 3.8) is 0 Å². The molecule has 0 bridgehead atoms. The summed E-state index contributed by atoms with van der Waals surface area (Å²) in [5, 5.41) is 0. The summed E-state index contributed by atoms with van der Waals surface area (Å²) in [5.74, 6) is 2.26. The van der Waals surface area contributed by atoms with Gasteiger partial charge in [0.15, 0.2) is 11.6 Å². The van der Waals surface area contributed by atoms with Crippen molar-refractivity contribution in [2.24, 2.45) is 0 Å². The van der Waals surface area contributed by atoms with Crippen LogP contribution < -0.4 is 9.64 Å². The highest BCUT2D eigenvalue weighted by molar-refractivity contribution is 5.55. The van der Waals surface area contributed by atoms with Crippen molar-refractivity contribution < 1.29 is 9.13 Å². The molecule has 4 rings (SSSR count). The number of hydrogen-bond acceptors (Lipinski definition) is 6. The third-order valence-corrected chi connectivity index (χ3v) is 4.88. The molecular weight excluding hydrogens is 345 g/mol. The molecule has 1 atom stereocenters. The Morgan fingerprint density at radius 2 is 1.89 bits per heavy atom. The van der Waals surface area contributed by atoms with Crippen LogP contribution in [0.1, 0.15) is 30.5 Å². The van der Waals surface area contributed by atoms with E-state index in [4.69, 9.17) is 4.74 Å². The van der Waals surface area contributed by atoms with Gasteiger partial charge >= 0.3 is 0 Å². The highest BCUT2D eigenvalue weighted by atomic mass is 19.1. The summed E-state index contributed by atoms with van der Waals surface area (Å²) in [6.07, 6.45) is 6.43. The zero-order valence-corrected chi connectivity index (χ0v) is 15.3. The number of anilines is 1. The SMILES string of the molecule is CCC1c2c(OC)ccc(F)c2CCN1c1ccnc(-c2ncccn2)n1. The number of nitrogens with zero attached hydrogens (tertiary/aromatic N) is 5. The summed E-state index contributed by atoms with van der Waals surface area (Å²) in [6.45, 7) is 2.75. The van der Waals surface area contributed by atoms with Gasteiger partial charge in [-0.15, -0.1) is 0 Å². The van der Waals surface area contributed by atoms with Gasteiger partial charge in [-0.3, -0.25) is 0 Å². The van der Waals surface area contributed by atoms with Crippen LogP contribution in [-0.2, 0) is 6.42 Å². The summed E-state index contributed by atoms with van der Waals surface area (Å²) in [7, 11) is 1.62. The van der Waals surface area contributed by atoms with E-state index in [9.17, 15) is 4.39 Å². The third-order valence-electron chi connectivity index (χ3n) is 4.88. The fraction of sp³-hybridized carbons (Fsp3) is 0.300. The number of aromatic nitrogens is 4. The minimum atomic E-state index is -0.176. The van der Waals surface area contributed by atoms with Gasteiger partial charge in [-0.25, -0.2) is 24.3 Å². The fourth-order valence-electron chi connectivity index (χ4n) is 3.69. The number of fused-ring (bicyclic) bond motifs is 1. The van der Waals surface area contributed by atoms with Crippen molar-refractivity contribution in [1.29, 1.82) is 0 Å². The van der Waals surface area contributed by atoms with E-state index in [1.807, 2.05) is 6.07 Å². The van der Waals surface area contributed by atoms with Crippen LogP contribution in [-0.4, -0.2) is 33.6 Å². The molecule has 2 aromatic heterocycles. The van der Waals surface area contributed by atoms with Gasteiger partial charge in [-0.1, -0.05) is 6.92 Å². The molecule has 3 heterocycles. The monoisotopic (exact) mass is 365 g/mol. The third kappa shape index (κ3) is 3.09. The predicted octanol–water partition coefficient (Wildman–Crippen LogP) is 3.60. The second kappa shape index (κ2) is 7.26. The lowest BCUT2D eigenvalue weighted by Crippen LogP contribution is -2.36. The Balaban J connectivity index is 1.77. The molecule has 1 unspecified atom stereocenters. The molecule has 0 fully saturated rings.